The lowest BCUT2D eigenvalue weighted by molar-refractivity contribution is -0.384. The fourth-order valence-electron chi connectivity index (χ4n) is 2.95. The van der Waals surface area contributed by atoms with Gasteiger partial charge < -0.3 is 5.32 Å². The maximum atomic E-state index is 10.8. The second-order valence-electron chi connectivity index (χ2n) is 5.52. The van der Waals surface area contributed by atoms with Crippen LogP contribution >= 0.6 is 22.6 Å². The van der Waals surface area contributed by atoms with Crippen molar-refractivity contribution in [3.63, 3.8) is 0 Å². The van der Waals surface area contributed by atoms with E-state index in [0.717, 1.165) is 39.3 Å². The number of halogens is 1. The molecule has 0 saturated heterocycles. The monoisotopic (exact) mass is 432 g/mol. The van der Waals surface area contributed by atoms with E-state index in [1.165, 1.54) is 17.7 Å². The molecular formula is C17H13IN4O2. The van der Waals surface area contributed by atoms with Gasteiger partial charge in [-0.15, -0.1) is 0 Å². The Morgan fingerprint density at radius 1 is 1.17 bits per heavy atom. The quantitative estimate of drug-likeness (QED) is 0.386. The number of rotatable bonds is 3. The van der Waals surface area contributed by atoms with Crippen LogP contribution in [-0.2, 0) is 6.42 Å². The van der Waals surface area contributed by atoms with Crippen molar-refractivity contribution in [1.82, 2.24) is 9.78 Å². The van der Waals surface area contributed by atoms with Crippen LogP contribution in [0.4, 0.5) is 11.5 Å². The number of hydrogen-bond acceptors (Lipinski definition) is 4. The lowest BCUT2D eigenvalue weighted by atomic mass is 10.1. The molecule has 1 aliphatic heterocycles. The zero-order valence-electron chi connectivity index (χ0n) is 12.6. The lowest BCUT2D eigenvalue weighted by Gasteiger charge is -2.06. The first-order valence-corrected chi connectivity index (χ1v) is 8.58. The van der Waals surface area contributed by atoms with E-state index >= 15 is 0 Å². The molecule has 1 aliphatic rings. The van der Waals surface area contributed by atoms with Gasteiger partial charge in [0.15, 0.2) is 0 Å². The number of benzene rings is 2. The van der Waals surface area contributed by atoms with Crippen molar-refractivity contribution in [3.8, 4) is 16.9 Å². The van der Waals surface area contributed by atoms with Crippen LogP contribution in [0.5, 0.6) is 0 Å². The number of nitro groups is 1. The third kappa shape index (κ3) is 2.44. The number of aromatic nitrogens is 2. The summed E-state index contributed by atoms with van der Waals surface area (Å²) in [6.07, 6.45) is 0.919. The zero-order chi connectivity index (χ0) is 16.7. The number of hydrogen-bond donors (Lipinski definition) is 1. The highest BCUT2D eigenvalue weighted by Crippen LogP contribution is 2.36. The van der Waals surface area contributed by atoms with Crippen molar-refractivity contribution in [3.05, 3.63) is 67.8 Å². The number of non-ortho nitro benzene ring substituents is 1. The number of anilines is 1. The Kier molecular flexibility index (Phi) is 3.72. The predicted octanol–water partition coefficient (Wildman–Crippen LogP) is 4.02. The molecule has 24 heavy (non-hydrogen) atoms. The Bertz CT molecular complexity index is 934. The summed E-state index contributed by atoms with van der Waals surface area (Å²) < 4.78 is 2.99. The summed E-state index contributed by atoms with van der Waals surface area (Å²) in [4.78, 5) is 10.4. The normalized spacial score (nSPS) is 12.7. The van der Waals surface area contributed by atoms with E-state index in [2.05, 4.69) is 40.0 Å². The highest BCUT2D eigenvalue weighted by atomic mass is 127. The molecule has 0 radical (unpaired) electrons. The van der Waals surface area contributed by atoms with Gasteiger partial charge in [0.25, 0.3) is 5.69 Å². The average molecular weight is 432 g/mol. The van der Waals surface area contributed by atoms with Gasteiger partial charge in [-0.1, -0.05) is 18.2 Å². The number of nitrogens with one attached hydrogen (secondary N) is 1. The fraction of sp³-hybridized carbons (Fsp3) is 0.118. The van der Waals surface area contributed by atoms with Gasteiger partial charge in [-0.3, -0.25) is 10.1 Å². The Hall–Kier alpha value is -2.42. The molecule has 1 N–H and O–H groups in total. The van der Waals surface area contributed by atoms with Crippen LogP contribution in [0.1, 0.15) is 5.56 Å². The zero-order valence-corrected chi connectivity index (χ0v) is 14.7. The highest BCUT2D eigenvalue weighted by Gasteiger charge is 2.24. The molecule has 0 spiro atoms. The Morgan fingerprint density at radius 2 is 1.92 bits per heavy atom. The average Bonchev–Trinajstić information content (AvgIpc) is 3.18. The van der Waals surface area contributed by atoms with Gasteiger partial charge in [0.2, 0.25) is 0 Å². The maximum absolute atomic E-state index is 10.8. The molecule has 0 aliphatic carbocycles. The topological polar surface area (TPSA) is 73.0 Å². The number of nitrogens with zero attached hydrogens (tertiary/aromatic N) is 3. The van der Waals surface area contributed by atoms with Crippen LogP contribution < -0.4 is 5.32 Å². The third-order valence-electron chi connectivity index (χ3n) is 4.09. The van der Waals surface area contributed by atoms with Gasteiger partial charge in [0.05, 0.1) is 16.3 Å². The van der Waals surface area contributed by atoms with E-state index in [-0.39, 0.29) is 5.69 Å². The highest BCUT2D eigenvalue weighted by molar-refractivity contribution is 14.1. The van der Waals surface area contributed by atoms with Crippen molar-refractivity contribution < 1.29 is 4.92 Å². The van der Waals surface area contributed by atoms with E-state index in [9.17, 15) is 10.1 Å². The molecule has 0 unspecified atom stereocenters. The van der Waals surface area contributed by atoms with Crippen molar-refractivity contribution in [2.75, 3.05) is 11.9 Å². The molecule has 0 bridgehead atoms. The second-order valence-corrected chi connectivity index (χ2v) is 6.68. The van der Waals surface area contributed by atoms with Crippen LogP contribution in [0, 0.1) is 13.7 Å². The summed E-state index contributed by atoms with van der Waals surface area (Å²) in [6.45, 7) is 0.872. The van der Waals surface area contributed by atoms with Crippen LogP contribution in [0.25, 0.3) is 16.9 Å². The summed E-state index contributed by atoms with van der Waals surface area (Å²) in [5, 5.41) is 19.0. The van der Waals surface area contributed by atoms with Gasteiger partial charge in [-0.25, -0.2) is 4.68 Å². The van der Waals surface area contributed by atoms with Crippen LogP contribution in [-0.4, -0.2) is 21.2 Å². The SMILES string of the molecule is O=[N+]([O-])c1ccc(-n2nc(-c3ccccc3I)c3c2NCC3)cc1. The van der Waals surface area contributed by atoms with Gasteiger partial charge in [0.1, 0.15) is 5.82 Å². The Labute approximate surface area is 151 Å². The molecule has 0 saturated carbocycles. The van der Waals surface area contributed by atoms with E-state index in [1.54, 1.807) is 12.1 Å². The van der Waals surface area contributed by atoms with Crippen molar-refractivity contribution in [2.45, 2.75) is 6.42 Å². The second kappa shape index (κ2) is 5.90. The van der Waals surface area contributed by atoms with Gasteiger partial charge in [-0.2, -0.15) is 5.10 Å². The first kappa shape index (κ1) is 15.1. The van der Waals surface area contributed by atoms with E-state index in [4.69, 9.17) is 5.10 Å². The van der Waals surface area contributed by atoms with E-state index in [0.29, 0.717) is 0 Å². The lowest BCUT2D eigenvalue weighted by Crippen LogP contribution is -2.04. The van der Waals surface area contributed by atoms with Crippen LogP contribution in [0.3, 0.4) is 0 Å². The van der Waals surface area contributed by atoms with Gasteiger partial charge in [-0.05, 0) is 47.2 Å². The number of nitro benzene ring substituents is 1. The molecule has 6 nitrogen and oxygen atoms in total. The molecule has 0 fully saturated rings. The molecule has 0 amide bonds. The summed E-state index contributed by atoms with van der Waals surface area (Å²) >= 11 is 2.32. The summed E-state index contributed by atoms with van der Waals surface area (Å²) in [6, 6.07) is 14.6. The molecule has 3 aromatic rings. The number of fused-ring (bicyclic) bond motifs is 1. The van der Waals surface area contributed by atoms with Crippen LogP contribution in [0.2, 0.25) is 0 Å². The van der Waals surface area contributed by atoms with Gasteiger partial charge in [0, 0.05) is 33.4 Å². The van der Waals surface area contributed by atoms with Crippen molar-refractivity contribution >= 4 is 34.1 Å². The minimum absolute atomic E-state index is 0.0772. The molecule has 1 aromatic heterocycles. The minimum Gasteiger partial charge on any atom is -0.369 e. The Morgan fingerprint density at radius 3 is 2.62 bits per heavy atom. The molecule has 2 heterocycles. The fourth-order valence-corrected chi connectivity index (χ4v) is 3.59. The summed E-state index contributed by atoms with van der Waals surface area (Å²) in [7, 11) is 0. The molecule has 7 heteroatoms. The maximum Gasteiger partial charge on any atom is 0.269 e. The molecular weight excluding hydrogens is 419 g/mol. The van der Waals surface area contributed by atoms with Crippen molar-refractivity contribution in [1.29, 1.82) is 0 Å². The molecule has 2 aromatic carbocycles. The van der Waals surface area contributed by atoms with E-state index < -0.39 is 4.92 Å². The Balaban J connectivity index is 1.85. The third-order valence-corrected chi connectivity index (χ3v) is 5.03. The standard InChI is InChI=1S/C17H13IN4O2/c18-15-4-2-1-3-13(15)16-14-9-10-19-17(14)21(20-16)11-5-7-12(8-6-11)22(23)24/h1-8,19H,9-10H2. The molecule has 4 rings (SSSR count). The smallest absolute Gasteiger partial charge is 0.269 e. The van der Waals surface area contributed by atoms with Gasteiger partial charge >= 0.3 is 0 Å². The largest absolute Gasteiger partial charge is 0.369 e. The van der Waals surface area contributed by atoms with E-state index in [1.807, 2.05) is 16.8 Å². The first-order chi connectivity index (χ1) is 11.6. The van der Waals surface area contributed by atoms with Crippen LogP contribution in [0.15, 0.2) is 48.5 Å². The van der Waals surface area contributed by atoms with Crippen molar-refractivity contribution in [2.24, 2.45) is 0 Å². The molecule has 0 atom stereocenters. The minimum atomic E-state index is -0.396. The molecule has 120 valence electrons. The summed E-state index contributed by atoms with van der Waals surface area (Å²) in [5.74, 6) is 0.971. The first-order valence-electron chi connectivity index (χ1n) is 7.50. The predicted molar refractivity (Wildman–Crippen MR) is 101 cm³/mol. The summed E-state index contributed by atoms with van der Waals surface area (Å²) in [5.41, 5.74) is 4.16.